The summed E-state index contributed by atoms with van der Waals surface area (Å²) in [4.78, 5) is 23.6. The number of alkyl halides is 3. The molecule has 1 aliphatic rings. The molecular weight excluding hydrogens is 602 g/mol. The summed E-state index contributed by atoms with van der Waals surface area (Å²) >= 11 is 6.85. The summed E-state index contributed by atoms with van der Waals surface area (Å²) in [6, 6.07) is 17.3. The SMILES string of the molecule is CC(C)c1cc(F)ccc1N1C(=O)CSC1=NC(=S)CCc1ccc(-c2ncn(-c3ccc(OC(F)(F)F)cc3)n2)cc1. The van der Waals surface area contributed by atoms with Gasteiger partial charge in [0.05, 0.1) is 17.1 Å². The topological polar surface area (TPSA) is 72.6 Å². The van der Waals surface area contributed by atoms with Gasteiger partial charge >= 0.3 is 6.36 Å². The highest BCUT2D eigenvalue weighted by molar-refractivity contribution is 8.15. The van der Waals surface area contributed by atoms with E-state index in [4.69, 9.17) is 12.2 Å². The number of nitrogens with zero attached hydrogens (tertiary/aromatic N) is 5. The Morgan fingerprint density at radius 1 is 1.09 bits per heavy atom. The van der Waals surface area contributed by atoms with Gasteiger partial charge in [0.1, 0.15) is 22.9 Å². The molecule has 0 N–H and O–H groups in total. The van der Waals surface area contributed by atoms with Crippen LogP contribution in [-0.2, 0) is 11.2 Å². The highest BCUT2D eigenvalue weighted by Crippen LogP contribution is 2.34. The Hall–Kier alpha value is -4.10. The van der Waals surface area contributed by atoms with Crippen LogP contribution in [0.25, 0.3) is 17.1 Å². The van der Waals surface area contributed by atoms with E-state index in [2.05, 4.69) is 19.8 Å². The number of amidine groups is 1. The van der Waals surface area contributed by atoms with Crippen molar-refractivity contribution < 1.29 is 27.1 Å². The lowest BCUT2D eigenvalue weighted by atomic mass is 10.0. The second-order valence-electron chi connectivity index (χ2n) is 9.92. The van der Waals surface area contributed by atoms with E-state index >= 15 is 0 Å². The molecule has 0 saturated carbocycles. The second-order valence-corrected chi connectivity index (χ2v) is 11.3. The van der Waals surface area contributed by atoms with Crippen LogP contribution in [0.2, 0.25) is 0 Å². The van der Waals surface area contributed by atoms with Gasteiger partial charge in [-0.05, 0) is 65.9 Å². The molecule has 7 nitrogen and oxygen atoms in total. The predicted octanol–water partition coefficient (Wildman–Crippen LogP) is 7.49. The Kier molecular flexibility index (Phi) is 8.92. The van der Waals surface area contributed by atoms with Crippen molar-refractivity contribution in [3.05, 3.63) is 90.0 Å². The summed E-state index contributed by atoms with van der Waals surface area (Å²) in [5.41, 5.74) is 3.65. The Morgan fingerprint density at radius 3 is 2.49 bits per heavy atom. The van der Waals surface area contributed by atoms with Crippen molar-refractivity contribution in [3.8, 4) is 22.8 Å². The van der Waals surface area contributed by atoms with Crippen molar-refractivity contribution in [1.29, 1.82) is 0 Å². The number of carbonyl (C=O) groups is 1. The van der Waals surface area contributed by atoms with Gasteiger partial charge in [-0.15, -0.1) is 18.3 Å². The van der Waals surface area contributed by atoms with Crippen LogP contribution < -0.4 is 9.64 Å². The number of amides is 1. The lowest BCUT2D eigenvalue weighted by Gasteiger charge is -2.21. The Labute approximate surface area is 254 Å². The maximum atomic E-state index is 13.9. The smallest absolute Gasteiger partial charge is 0.406 e. The Bertz CT molecular complexity index is 1670. The minimum atomic E-state index is -4.76. The van der Waals surface area contributed by atoms with Gasteiger partial charge in [-0.3, -0.25) is 9.69 Å². The number of carbonyl (C=O) groups excluding carboxylic acids is 1. The second kappa shape index (κ2) is 12.6. The Morgan fingerprint density at radius 2 is 1.81 bits per heavy atom. The van der Waals surface area contributed by atoms with Crippen LogP contribution in [0.3, 0.4) is 0 Å². The van der Waals surface area contributed by atoms with E-state index in [1.165, 1.54) is 64.1 Å². The van der Waals surface area contributed by atoms with Gasteiger partial charge in [0.25, 0.3) is 0 Å². The summed E-state index contributed by atoms with van der Waals surface area (Å²) in [5.74, 6) is -0.104. The minimum Gasteiger partial charge on any atom is -0.406 e. The van der Waals surface area contributed by atoms with Gasteiger partial charge in [0, 0.05) is 12.0 Å². The molecule has 0 atom stereocenters. The molecule has 0 spiro atoms. The third-order valence-electron chi connectivity index (χ3n) is 6.50. The fourth-order valence-electron chi connectivity index (χ4n) is 4.43. The van der Waals surface area contributed by atoms with Crippen LogP contribution in [-0.4, -0.2) is 42.9 Å². The largest absolute Gasteiger partial charge is 0.573 e. The van der Waals surface area contributed by atoms with E-state index in [1.807, 2.05) is 38.1 Å². The molecule has 13 heteroatoms. The number of halogens is 4. The van der Waals surface area contributed by atoms with Crippen LogP contribution in [0.1, 0.15) is 37.3 Å². The highest BCUT2D eigenvalue weighted by atomic mass is 32.2. The van der Waals surface area contributed by atoms with Crippen LogP contribution in [0.15, 0.2) is 78.0 Å². The molecule has 1 saturated heterocycles. The third-order valence-corrected chi connectivity index (χ3v) is 7.72. The number of thioether (sulfide) groups is 1. The first kappa shape index (κ1) is 30.4. The predicted molar refractivity (Wildman–Crippen MR) is 162 cm³/mol. The van der Waals surface area contributed by atoms with Gasteiger partial charge in [0.15, 0.2) is 11.0 Å². The van der Waals surface area contributed by atoms with E-state index in [9.17, 15) is 22.4 Å². The van der Waals surface area contributed by atoms with Gasteiger partial charge in [0.2, 0.25) is 5.91 Å². The number of thiocarbonyl (C=S) groups is 1. The first-order valence-electron chi connectivity index (χ1n) is 13.2. The number of hydrogen-bond donors (Lipinski definition) is 0. The average molecular weight is 628 g/mol. The molecule has 222 valence electrons. The third kappa shape index (κ3) is 7.46. The van der Waals surface area contributed by atoms with Crippen molar-refractivity contribution >= 4 is 45.7 Å². The summed E-state index contributed by atoms with van der Waals surface area (Å²) < 4.78 is 56.5. The summed E-state index contributed by atoms with van der Waals surface area (Å²) in [5, 5.41) is 4.91. The maximum absolute atomic E-state index is 13.9. The lowest BCUT2D eigenvalue weighted by molar-refractivity contribution is -0.274. The van der Waals surface area contributed by atoms with E-state index in [0.29, 0.717) is 40.2 Å². The van der Waals surface area contributed by atoms with Crippen LogP contribution in [0, 0.1) is 5.82 Å². The number of rotatable bonds is 8. The molecule has 2 heterocycles. The molecule has 1 fully saturated rings. The number of anilines is 1. The van der Waals surface area contributed by atoms with Crippen LogP contribution >= 0.6 is 24.0 Å². The molecular formula is C30H25F4N5O2S2. The van der Waals surface area contributed by atoms with Gasteiger partial charge < -0.3 is 4.74 Å². The summed E-state index contributed by atoms with van der Waals surface area (Å²) in [7, 11) is 0. The molecule has 43 heavy (non-hydrogen) atoms. The van der Waals surface area contributed by atoms with E-state index in [0.717, 1.165) is 16.7 Å². The van der Waals surface area contributed by atoms with Crippen molar-refractivity contribution in [1.82, 2.24) is 14.8 Å². The molecule has 5 rings (SSSR count). The zero-order valence-electron chi connectivity index (χ0n) is 23.0. The highest BCUT2D eigenvalue weighted by Gasteiger charge is 2.32. The average Bonchev–Trinajstić information content (AvgIpc) is 3.59. The summed E-state index contributed by atoms with van der Waals surface area (Å²) in [6.45, 7) is 3.89. The van der Waals surface area contributed by atoms with Crippen molar-refractivity contribution in [2.45, 2.75) is 39.0 Å². The first-order chi connectivity index (χ1) is 20.5. The zero-order valence-corrected chi connectivity index (χ0v) is 24.6. The van der Waals surface area contributed by atoms with Crippen molar-refractivity contribution in [2.75, 3.05) is 10.7 Å². The lowest BCUT2D eigenvalue weighted by Crippen LogP contribution is -2.31. The molecule has 0 unspecified atom stereocenters. The molecule has 1 aromatic heterocycles. The molecule has 1 aliphatic heterocycles. The molecule has 4 aromatic rings. The maximum Gasteiger partial charge on any atom is 0.573 e. The number of hydrogen-bond acceptors (Lipinski definition) is 6. The summed E-state index contributed by atoms with van der Waals surface area (Å²) in [6.07, 6.45) is -2.17. The number of benzene rings is 3. The molecule has 1 amide bonds. The van der Waals surface area contributed by atoms with Crippen LogP contribution in [0.4, 0.5) is 23.2 Å². The fourth-order valence-corrected chi connectivity index (χ4v) is 5.56. The Balaban J connectivity index is 1.22. The fraction of sp³-hybridized carbons (Fsp3) is 0.233. The van der Waals surface area contributed by atoms with E-state index in [-0.39, 0.29) is 29.1 Å². The standard InChI is InChI=1S/C30H25F4N5O2S2/c1-18(2)24-15-21(31)8-13-25(24)39-27(40)16-43-29(39)36-26(42)14-5-19-3-6-20(7-4-19)28-35-17-38(37-28)22-9-11-23(12-10-22)41-30(32,33)34/h3-4,6-13,15,17-18H,5,14,16H2,1-2H3. The van der Waals surface area contributed by atoms with E-state index in [1.54, 1.807) is 6.07 Å². The van der Waals surface area contributed by atoms with Gasteiger partial charge in [-0.2, -0.15) is 0 Å². The first-order valence-corrected chi connectivity index (χ1v) is 14.6. The normalized spacial score (nSPS) is 14.6. The van der Waals surface area contributed by atoms with Crippen molar-refractivity contribution in [2.24, 2.45) is 4.99 Å². The zero-order chi connectivity index (χ0) is 30.7. The molecule has 0 bridgehead atoms. The molecule has 0 radical (unpaired) electrons. The van der Waals surface area contributed by atoms with Gasteiger partial charge in [-0.25, -0.2) is 19.0 Å². The number of ether oxygens (including phenoxy) is 1. The minimum absolute atomic E-state index is 0.0116. The molecule has 0 aliphatic carbocycles. The van der Waals surface area contributed by atoms with Gasteiger partial charge in [-0.1, -0.05) is 62.1 Å². The number of aliphatic imine (C=N–C) groups is 1. The molecule has 3 aromatic carbocycles. The van der Waals surface area contributed by atoms with Crippen LogP contribution in [0.5, 0.6) is 5.75 Å². The number of aryl methyl sites for hydroxylation is 1. The van der Waals surface area contributed by atoms with E-state index < -0.39 is 6.36 Å². The quantitative estimate of drug-likeness (QED) is 0.149. The van der Waals surface area contributed by atoms with Crippen molar-refractivity contribution in [3.63, 3.8) is 0 Å². The number of aromatic nitrogens is 3. The monoisotopic (exact) mass is 627 g/mol.